The SMILES string of the molecule is CC(C)C(C)N(C(C)C(C)C)S(=O)O. The topological polar surface area (TPSA) is 40.5 Å². The van der Waals surface area contributed by atoms with Gasteiger partial charge in [-0.3, -0.25) is 4.55 Å². The molecule has 0 aromatic heterocycles. The quantitative estimate of drug-likeness (QED) is 0.725. The van der Waals surface area contributed by atoms with Gasteiger partial charge in [-0.2, -0.15) is 4.31 Å². The molecule has 0 saturated carbocycles. The molecule has 1 N–H and O–H groups in total. The molecule has 0 aliphatic heterocycles. The van der Waals surface area contributed by atoms with Crippen molar-refractivity contribution in [3.8, 4) is 0 Å². The van der Waals surface area contributed by atoms with Crippen LogP contribution >= 0.6 is 0 Å². The van der Waals surface area contributed by atoms with Crippen LogP contribution in [-0.2, 0) is 11.3 Å². The Morgan fingerprint density at radius 3 is 1.36 bits per heavy atom. The third kappa shape index (κ3) is 3.67. The van der Waals surface area contributed by atoms with Gasteiger partial charge in [0.15, 0.2) is 0 Å². The minimum absolute atomic E-state index is 0.123. The molecule has 3 unspecified atom stereocenters. The third-order valence-corrected chi connectivity index (χ3v) is 3.94. The Hall–Kier alpha value is 0.0700. The molecule has 0 radical (unpaired) electrons. The molecule has 4 heteroatoms. The number of nitrogens with zero attached hydrogens (tertiary/aromatic N) is 1. The van der Waals surface area contributed by atoms with Crippen molar-refractivity contribution in [1.82, 2.24) is 4.31 Å². The largest absolute Gasteiger partial charge is 0.294 e. The van der Waals surface area contributed by atoms with E-state index in [1.54, 1.807) is 4.31 Å². The zero-order valence-corrected chi connectivity index (χ0v) is 10.8. The Bertz CT molecular complexity index is 181. The molecule has 0 aromatic rings. The molecule has 0 aromatic carbocycles. The van der Waals surface area contributed by atoms with E-state index in [9.17, 15) is 8.76 Å². The summed E-state index contributed by atoms with van der Waals surface area (Å²) in [4.78, 5) is 0. The van der Waals surface area contributed by atoms with Crippen molar-refractivity contribution in [3.05, 3.63) is 0 Å². The average molecular weight is 221 g/mol. The van der Waals surface area contributed by atoms with E-state index in [-0.39, 0.29) is 12.1 Å². The molecule has 0 aliphatic carbocycles. The molecule has 3 atom stereocenters. The Labute approximate surface area is 90.3 Å². The van der Waals surface area contributed by atoms with E-state index in [4.69, 9.17) is 0 Å². The van der Waals surface area contributed by atoms with Crippen molar-refractivity contribution in [2.24, 2.45) is 11.8 Å². The van der Waals surface area contributed by atoms with Gasteiger partial charge in [0.1, 0.15) is 0 Å². The summed E-state index contributed by atoms with van der Waals surface area (Å²) in [6, 6.07) is 0.247. The van der Waals surface area contributed by atoms with Gasteiger partial charge < -0.3 is 0 Å². The molecule has 0 aliphatic rings. The van der Waals surface area contributed by atoms with Gasteiger partial charge in [-0.15, -0.1) is 0 Å². The maximum atomic E-state index is 11.2. The Morgan fingerprint density at radius 2 is 1.21 bits per heavy atom. The predicted octanol–water partition coefficient (Wildman–Crippen LogP) is 2.51. The number of hydrogen-bond donors (Lipinski definition) is 1. The van der Waals surface area contributed by atoms with Crippen molar-refractivity contribution in [2.75, 3.05) is 0 Å². The molecule has 0 amide bonds. The molecular formula is C10H23NO2S. The first-order chi connectivity index (χ1) is 6.29. The molecule has 0 bridgehead atoms. The number of hydrogen-bond acceptors (Lipinski definition) is 1. The smallest absolute Gasteiger partial charge is 0.235 e. The van der Waals surface area contributed by atoms with Crippen LogP contribution in [0.4, 0.5) is 0 Å². The summed E-state index contributed by atoms with van der Waals surface area (Å²) in [5.74, 6) is 0.764. The summed E-state index contributed by atoms with van der Waals surface area (Å²) in [5, 5.41) is 0. The highest BCUT2D eigenvalue weighted by atomic mass is 32.2. The summed E-state index contributed by atoms with van der Waals surface area (Å²) < 4.78 is 22.2. The second kappa shape index (κ2) is 5.83. The summed E-state index contributed by atoms with van der Waals surface area (Å²) >= 11 is -1.87. The lowest BCUT2D eigenvalue weighted by Gasteiger charge is -2.34. The standard InChI is InChI=1S/C10H23NO2S/c1-7(2)9(5)11(14(12)13)10(6)8(3)4/h7-10H,1-6H3,(H,12,13). The van der Waals surface area contributed by atoms with Crippen LogP contribution in [0.2, 0.25) is 0 Å². The first-order valence-electron chi connectivity index (χ1n) is 5.18. The van der Waals surface area contributed by atoms with Gasteiger partial charge in [-0.25, -0.2) is 4.21 Å². The first kappa shape index (κ1) is 14.1. The fourth-order valence-electron chi connectivity index (χ4n) is 1.24. The van der Waals surface area contributed by atoms with Crippen molar-refractivity contribution in [1.29, 1.82) is 0 Å². The highest BCUT2D eigenvalue weighted by molar-refractivity contribution is 7.76. The van der Waals surface area contributed by atoms with Crippen LogP contribution in [0.3, 0.4) is 0 Å². The van der Waals surface area contributed by atoms with Crippen molar-refractivity contribution in [3.63, 3.8) is 0 Å². The molecule has 0 spiro atoms. The fourth-order valence-corrected chi connectivity index (χ4v) is 2.30. The molecular weight excluding hydrogens is 198 g/mol. The highest BCUT2D eigenvalue weighted by Crippen LogP contribution is 2.19. The van der Waals surface area contributed by atoms with E-state index in [0.717, 1.165) is 0 Å². The second-order valence-corrected chi connectivity index (χ2v) is 5.44. The molecule has 0 saturated heterocycles. The van der Waals surface area contributed by atoms with Gasteiger partial charge in [0, 0.05) is 12.1 Å². The zero-order chi connectivity index (χ0) is 11.5. The minimum atomic E-state index is -1.87. The Balaban J connectivity index is 4.68. The van der Waals surface area contributed by atoms with Crippen molar-refractivity contribution in [2.45, 2.75) is 53.6 Å². The molecule has 3 nitrogen and oxygen atoms in total. The summed E-state index contributed by atoms with van der Waals surface area (Å²) in [6.07, 6.45) is 0. The van der Waals surface area contributed by atoms with E-state index in [2.05, 4.69) is 27.7 Å². The molecule has 0 heterocycles. The Morgan fingerprint density at radius 1 is 0.929 bits per heavy atom. The van der Waals surface area contributed by atoms with Crippen LogP contribution in [-0.4, -0.2) is 25.2 Å². The van der Waals surface area contributed by atoms with Crippen LogP contribution in [0.15, 0.2) is 0 Å². The Kier molecular flexibility index (Phi) is 5.86. The van der Waals surface area contributed by atoms with Crippen molar-refractivity contribution >= 4 is 11.3 Å². The zero-order valence-electron chi connectivity index (χ0n) is 10.0. The van der Waals surface area contributed by atoms with Gasteiger partial charge in [0.05, 0.1) is 0 Å². The summed E-state index contributed by atoms with van der Waals surface area (Å²) in [7, 11) is 0. The van der Waals surface area contributed by atoms with Gasteiger partial charge in [0.2, 0.25) is 11.3 Å². The lowest BCUT2D eigenvalue weighted by Crippen LogP contribution is -2.46. The maximum Gasteiger partial charge on any atom is 0.235 e. The fraction of sp³-hybridized carbons (Fsp3) is 1.00. The predicted molar refractivity (Wildman–Crippen MR) is 61.2 cm³/mol. The van der Waals surface area contributed by atoms with Crippen LogP contribution in [0.25, 0.3) is 0 Å². The molecule has 0 rings (SSSR count). The minimum Gasteiger partial charge on any atom is -0.294 e. The summed E-state index contributed by atoms with van der Waals surface area (Å²) in [5.41, 5.74) is 0. The van der Waals surface area contributed by atoms with Crippen molar-refractivity contribution < 1.29 is 8.76 Å². The van der Waals surface area contributed by atoms with E-state index in [1.165, 1.54) is 0 Å². The monoisotopic (exact) mass is 221 g/mol. The summed E-state index contributed by atoms with van der Waals surface area (Å²) in [6.45, 7) is 12.3. The van der Waals surface area contributed by atoms with Gasteiger partial charge in [0.25, 0.3) is 0 Å². The van der Waals surface area contributed by atoms with Crippen LogP contribution < -0.4 is 0 Å². The second-order valence-electron chi connectivity index (χ2n) is 4.56. The van der Waals surface area contributed by atoms with E-state index in [0.29, 0.717) is 11.8 Å². The van der Waals surface area contributed by atoms with E-state index in [1.807, 2.05) is 13.8 Å². The highest BCUT2D eigenvalue weighted by Gasteiger charge is 2.28. The first-order valence-corrected chi connectivity index (χ1v) is 6.24. The van der Waals surface area contributed by atoms with Crippen LogP contribution in [0, 0.1) is 11.8 Å². The van der Waals surface area contributed by atoms with Gasteiger partial charge in [-0.1, -0.05) is 27.7 Å². The molecule has 14 heavy (non-hydrogen) atoms. The van der Waals surface area contributed by atoms with Gasteiger partial charge >= 0.3 is 0 Å². The van der Waals surface area contributed by atoms with Gasteiger partial charge in [-0.05, 0) is 25.7 Å². The molecule has 0 fully saturated rings. The number of rotatable bonds is 5. The lowest BCUT2D eigenvalue weighted by molar-refractivity contribution is 0.189. The normalized spacial score (nSPS) is 19.0. The van der Waals surface area contributed by atoms with Crippen LogP contribution in [0.5, 0.6) is 0 Å². The third-order valence-electron chi connectivity index (χ3n) is 2.91. The maximum absolute atomic E-state index is 11.2. The van der Waals surface area contributed by atoms with E-state index < -0.39 is 11.3 Å². The van der Waals surface area contributed by atoms with Crippen LogP contribution in [0.1, 0.15) is 41.5 Å². The van der Waals surface area contributed by atoms with E-state index >= 15 is 0 Å². The lowest BCUT2D eigenvalue weighted by atomic mass is 10.0. The average Bonchev–Trinajstić information content (AvgIpc) is 2.03. The molecule has 86 valence electrons.